The molecular weight excluding hydrogens is 401 g/mol. The number of aromatic amines is 1. The zero-order valence-electron chi connectivity index (χ0n) is 16.4. The van der Waals surface area contributed by atoms with Gasteiger partial charge in [-0.1, -0.05) is 6.07 Å². The van der Waals surface area contributed by atoms with Crippen molar-refractivity contribution in [2.24, 2.45) is 0 Å². The summed E-state index contributed by atoms with van der Waals surface area (Å²) in [7, 11) is 0. The molecule has 3 heterocycles. The van der Waals surface area contributed by atoms with Crippen LogP contribution in [0.2, 0.25) is 0 Å². The van der Waals surface area contributed by atoms with Crippen molar-refractivity contribution in [3.8, 4) is 0 Å². The Labute approximate surface area is 179 Å². The Bertz CT molecular complexity index is 1040. The Balaban J connectivity index is 1.51. The number of hydrogen-bond donors (Lipinski definition) is 3. The van der Waals surface area contributed by atoms with Crippen LogP contribution in [0, 0.1) is 12.7 Å². The highest BCUT2D eigenvalue weighted by atomic mass is 32.1. The highest BCUT2D eigenvalue weighted by molar-refractivity contribution is 7.80. The second-order valence-corrected chi connectivity index (χ2v) is 7.61. The van der Waals surface area contributed by atoms with Crippen molar-refractivity contribution in [3.05, 3.63) is 83.7 Å². The summed E-state index contributed by atoms with van der Waals surface area (Å²) in [5.41, 5.74) is 3.51. The third-order valence-corrected chi connectivity index (χ3v) is 5.43. The lowest BCUT2D eigenvalue weighted by Crippen LogP contribution is -2.32. The molecule has 0 saturated carbocycles. The molecule has 2 aromatic heterocycles. The molecule has 6 nitrogen and oxygen atoms in total. The molecule has 0 bridgehead atoms. The summed E-state index contributed by atoms with van der Waals surface area (Å²) >= 11 is 5.60. The van der Waals surface area contributed by atoms with Crippen molar-refractivity contribution in [1.29, 1.82) is 0 Å². The van der Waals surface area contributed by atoms with E-state index in [-0.39, 0.29) is 30.2 Å². The van der Waals surface area contributed by atoms with E-state index in [0.717, 1.165) is 17.1 Å². The number of pyridine rings is 1. The number of nitrogens with one attached hydrogen (secondary N) is 3. The van der Waals surface area contributed by atoms with Gasteiger partial charge in [0.05, 0.1) is 17.8 Å². The van der Waals surface area contributed by atoms with Crippen LogP contribution in [0.15, 0.2) is 60.8 Å². The standard InChI is InChI=1S/C22H22FN5OS/c1-14-5-10-18(25-14)21-20(17-4-2-3-12-24-17)27-22(30)28(21)13-11-19(29)26-16-8-6-15(23)7-9-16/h2-10,12,20-21,25H,11,13H2,1H3,(H,26,29)(H,27,30). The van der Waals surface area contributed by atoms with Crippen LogP contribution >= 0.6 is 12.2 Å². The number of carbonyl (C=O) groups is 1. The largest absolute Gasteiger partial charge is 0.361 e. The Morgan fingerprint density at radius 1 is 1.20 bits per heavy atom. The first-order chi connectivity index (χ1) is 14.5. The zero-order chi connectivity index (χ0) is 21.1. The molecule has 1 aliphatic rings. The molecule has 0 spiro atoms. The SMILES string of the molecule is Cc1ccc(C2C(c3ccccn3)NC(=S)N2CCC(=O)Nc2ccc(F)cc2)[nH]1. The predicted molar refractivity (Wildman–Crippen MR) is 117 cm³/mol. The molecule has 2 unspecified atom stereocenters. The number of halogens is 1. The first-order valence-corrected chi connectivity index (χ1v) is 10.1. The maximum Gasteiger partial charge on any atom is 0.226 e. The Morgan fingerprint density at radius 3 is 2.67 bits per heavy atom. The van der Waals surface area contributed by atoms with E-state index in [9.17, 15) is 9.18 Å². The molecule has 1 aliphatic heterocycles. The lowest BCUT2D eigenvalue weighted by Gasteiger charge is -2.26. The topological polar surface area (TPSA) is 73.1 Å². The van der Waals surface area contributed by atoms with Gasteiger partial charge in [-0.2, -0.15) is 0 Å². The summed E-state index contributed by atoms with van der Waals surface area (Å²) < 4.78 is 13.1. The number of aryl methyl sites for hydroxylation is 1. The van der Waals surface area contributed by atoms with E-state index in [1.54, 1.807) is 6.20 Å². The molecule has 3 N–H and O–H groups in total. The summed E-state index contributed by atoms with van der Waals surface area (Å²) in [5, 5.41) is 6.73. The van der Waals surface area contributed by atoms with E-state index >= 15 is 0 Å². The second kappa shape index (κ2) is 8.62. The van der Waals surface area contributed by atoms with Crippen LogP contribution in [-0.4, -0.2) is 32.4 Å². The molecular formula is C22H22FN5OS. The van der Waals surface area contributed by atoms with Crippen LogP contribution in [0.25, 0.3) is 0 Å². The van der Waals surface area contributed by atoms with E-state index in [0.29, 0.717) is 17.3 Å². The number of aromatic nitrogens is 2. The fraction of sp³-hybridized carbons (Fsp3) is 0.227. The Kier molecular flexibility index (Phi) is 5.76. The molecule has 8 heteroatoms. The van der Waals surface area contributed by atoms with Gasteiger partial charge in [0.1, 0.15) is 5.82 Å². The monoisotopic (exact) mass is 423 g/mol. The molecule has 154 valence electrons. The van der Waals surface area contributed by atoms with Crippen molar-refractivity contribution in [1.82, 2.24) is 20.2 Å². The molecule has 1 saturated heterocycles. The molecule has 2 atom stereocenters. The molecule has 30 heavy (non-hydrogen) atoms. The van der Waals surface area contributed by atoms with Crippen LogP contribution in [0.3, 0.4) is 0 Å². The van der Waals surface area contributed by atoms with E-state index in [1.807, 2.05) is 42.2 Å². The molecule has 3 aromatic rings. The molecule has 0 radical (unpaired) electrons. The summed E-state index contributed by atoms with van der Waals surface area (Å²) in [4.78, 5) is 22.4. The number of nitrogens with zero attached hydrogens (tertiary/aromatic N) is 2. The van der Waals surface area contributed by atoms with Crippen molar-refractivity contribution >= 4 is 28.9 Å². The van der Waals surface area contributed by atoms with Gasteiger partial charge in [0.25, 0.3) is 0 Å². The summed E-state index contributed by atoms with van der Waals surface area (Å²) in [6.07, 6.45) is 2.00. The van der Waals surface area contributed by atoms with Gasteiger partial charge in [0, 0.05) is 36.2 Å². The van der Waals surface area contributed by atoms with Crippen molar-refractivity contribution in [3.63, 3.8) is 0 Å². The van der Waals surface area contributed by atoms with Crippen LogP contribution in [0.5, 0.6) is 0 Å². The van der Waals surface area contributed by atoms with E-state index < -0.39 is 0 Å². The van der Waals surface area contributed by atoms with Crippen LogP contribution < -0.4 is 10.6 Å². The van der Waals surface area contributed by atoms with Crippen molar-refractivity contribution < 1.29 is 9.18 Å². The number of benzene rings is 1. The Hall–Kier alpha value is -3.26. The number of hydrogen-bond acceptors (Lipinski definition) is 3. The zero-order valence-corrected chi connectivity index (χ0v) is 17.2. The number of rotatable bonds is 6. The summed E-state index contributed by atoms with van der Waals surface area (Å²) in [6, 6.07) is 15.3. The number of anilines is 1. The fourth-order valence-corrected chi connectivity index (χ4v) is 3.99. The average Bonchev–Trinajstić information content (AvgIpc) is 3.31. The maximum absolute atomic E-state index is 13.1. The average molecular weight is 424 g/mol. The predicted octanol–water partition coefficient (Wildman–Crippen LogP) is 3.86. The number of H-pyrrole nitrogens is 1. The lowest BCUT2D eigenvalue weighted by atomic mass is 10.0. The van der Waals surface area contributed by atoms with Crippen molar-refractivity contribution in [2.75, 3.05) is 11.9 Å². The first kappa shape index (κ1) is 20.0. The summed E-state index contributed by atoms with van der Waals surface area (Å²) in [5.74, 6) is -0.502. The molecule has 1 amide bonds. The third-order valence-electron chi connectivity index (χ3n) is 5.08. The van der Waals surface area contributed by atoms with E-state index in [2.05, 4.69) is 20.6 Å². The molecule has 1 fully saturated rings. The fourth-order valence-electron chi connectivity index (χ4n) is 3.66. The number of amides is 1. The van der Waals surface area contributed by atoms with Gasteiger partial charge in [-0.3, -0.25) is 9.78 Å². The normalized spacial score (nSPS) is 18.3. The second-order valence-electron chi connectivity index (χ2n) is 7.22. The quantitative estimate of drug-likeness (QED) is 0.525. The maximum atomic E-state index is 13.1. The van der Waals surface area contributed by atoms with Gasteiger partial charge in [-0.05, 0) is 67.7 Å². The van der Waals surface area contributed by atoms with Crippen LogP contribution in [0.1, 0.15) is 35.6 Å². The highest BCUT2D eigenvalue weighted by Crippen LogP contribution is 2.38. The lowest BCUT2D eigenvalue weighted by molar-refractivity contribution is -0.116. The number of thiocarbonyl (C=S) groups is 1. The molecule has 1 aromatic carbocycles. The van der Waals surface area contributed by atoms with Gasteiger partial charge in [0.2, 0.25) is 5.91 Å². The highest BCUT2D eigenvalue weighted by Gasteiger charge is 2.40. The number of carbonyl (C=O) groups excluding carboxylic acids is 1. The minimum atomic E-state index is -0.342. The van der Waals surface area contributed by atoms with E-state index in [1.165, 1.54) is 24.3 Å². The minimum absolute atomic E-state index is 0.111. The molecule has 0 aliphatic carbocycles. The summed E-state index contributed by atoms with van der Waals surface area (Å²) in [6.45, 7) is 2.44. The van der Waals surface area contributed by atoms with E-state index in [4.69, 9.17) is 12.2 Å². The smallest absolute Gasteiger partial charge is 0.226 e. The van der Waals surface area contributed by atoms with Crippen LogP contribution in [-0.2, 0) is 4.79 Å². The van der Waals surface area contributed by atoms with Crippen LogP contribution in [0.4, 0.5) is 10.1 Å². The third kappa shape index (κ3) is 4.33. The van der Waals surface area contributed by atoms with Crippen molar-refractivity contribution in [2.45, 2.75) is 25.4 Å². The first-order valence-electron chi connectivity index (χ1n) is 9.70. The minimum Gasteiger partial charge on any atom is -0.361 e. The van der Waals surface area contributed by atoms with Gasteiger partial charge < -0.3 is 20.5 Å². The Morgan fingerprint density at radius 2 is 2.00 bits per heavy atom. The van der Waals surface area contributed by atoms with Gasteiger partial charge >= 0.3 is 0 Å². The van der Waals surface area contributed by atoms with Gasteiger partial charge in [0.15, 0.2) is 5.11 Å². The molecule has 4 rings (SSSR count). The van der Waals surface area contributed by atoms with Gasteiger partial charge in [-0.15, -0.1) is 0 Å². The van der Waals surface area contributed by atoms with Gasteiger partial charge in [-0.25, -0.2) is 4.39 Å².